The lowest BCUT2D eigenvalue weighted by molar-refractivity contribution is -0.126. The van der Waals surface area contributed by atoms with Crippen LogP contribution in [0.25, 0.3) is 0 Å². The topological polar surface area (TPSA) is 50.3 Å². The SMILES string of the molecule is CCN(Cc1ccncc1)C(=O)C(=O)c1ccccc1. The number of aromatic nitrogens is 1. The van der Waals surface area contributed by atoms with Gasteiger partial charge in [0.15, 0.2) is 0 Å². The zero-order chi connectivity index (χ0) is 14.4. The molecule has 0 saturated carbocycles. The monoisotopic (exact) mass is 268 g/mol. The fourth-order valence-electron chi connectivity index (χ4n) is 1.89. The number of likely N-dealkylation sites (N-methyl/N-ethyl adjacent to an activating group) is 1. The highest BCUT2D eigenvalue weighted by Gasteiger charge is 2.21. The van der Waals surface area contributed by atoms with E-state index in [9.17, 15) is 9.59 Å². The highest BCUT2D eigenvalue weighted by atomic mass is 16.2. The molecule has 20 heavy (non-hydrogen) atoms. The Hall–Kier alpha value is -2.49. The predicted molar refractivity (Wildman–Crippen MR) is 76.1 cm³/mol. The van der Waals surface area contributed by atoms with E-state index in [-0.39, 0.29) is 0 Å². The van der Waals surface area contributed by atoms with E-state index in [1.54, 1.807) is 36.7 Å². The van der Waals surface area contributed by atoms with Crippen molar-refractivity contribution in [3.05, 3.63) is 66.0 Å². The molecule has 1 heterocycles. The fourth-order valence-corrected chi connectivity index (χ4v) is 1.89. The zero-order valence-corrected chi connectivity index (χ0v) is 11.3. The van der Waals surface area contributed by atoms with Crippen molar-refractivity contribution in [1.29, 1.82) is 0 Å². The first-order valence-corrected chi connectivity index (χ1v) is 6.50. The standard InChI is InChI=1S/C16H16N2O2/c1-2-18(12-13-8-10-17-11-9-13)16(20)15(19)14-6-4-3-5-7-14/h3-11H,2,12H2,1H3. The average Bonchev–Trinajstić information content (AvgIpc) is 2.53. The molecule has 102 valence electrons. The molecule has 0 saturated heterocycles. The number of pyridine rings is 1. The molecule has 0 fully saturated rings. The summed E-state index contributed by atoms with van der Waals surface area (Å²) in [6, 6.07) is 12.3. The van der Waals surface area contributed by atoms with Gasteiger partial charge in [0, 0.05) is 31.0 Å². The largest absolute Gasteiger partial charge is 0.332 e. The van der Waals surface area contributed by atoms with Crippen molar-refractivity contribution in [3.63, 3.8) is 0 Å². The number of rotatable bonds is 5. The molecule has 1 aromatic carbocycles. The highest BCUT2D eigenvalue weighted by Crippen LogP contribution is 2.07. The second-order valence-electron chi connectivity index (χ2n) is 4.37. The quantitative estimate of drug-likeness (QED) is 0.617. The number of carbonyl (C=O) groups is 2. The van der Waals surface area contributed by atoms with E-state index in [1.807, 2.05) is 25.1 Å². The van der Waals surface area contributed by atoms with E-state index in [4.69, 9.17) is 0 Å². The minimum Gasteiger partial charge on any atom is -0.332 e. The van der Waals surface area contributed by atoms with Crippen LogP contribution in [-0.2, 0) is 11.3 Å². The van der Waals surface area contributed by atoms with Crippen molar-refractivity contribution in [1.82, 2.24) is 9.88 Å². The second kappa shape index (κ2) is 6.61. The summed E-state index contributed by atoms with van der Waals surface area (Å²) in [7, 11) is 0. The molecule has 1 aromatic heterocycles. The van der Waals surface area contributed by atoms with Gasteiger partial charge in [0.1, 0.15) is 0 Å². The Morgan fingerprint density at radius 2 is 1.70 bits per heavy atom. The molecule has 4 heteroatoms. The van der Waals surface area contributed by atoms with Gasteiger partial charge in [-0.15, -0.1) is 0 Å². The number of amides is 1. The second-order valence-corrected chi connectivity index (χ2v) is 4.37. The van der Waals surface area contributed by atoms with Crippen LogP contribution in [0.15, 0.2) is 54.9 Å². The number of carbonyl (C=O) groups excluding carboxylic acids is 2. The highest BCUT2D eigenvalue weighted by molar-refractivity contribution is 6.42. The smallest absolute Gasteiger partial charge is 0.295 e. The summed E-state index contributed by atoms with van der Waals surface area (Å²) in [5.41, 5.74) is 1.38. The van der Waals surface area contributed by atoms with Gasteiger partial charge in [-0.05, 0) is 24.6 Å². The third-order valence-corrected chi connectivity index (χ3v) is 3.02. The normalized spacial score (nSPS) is 10.1. The van der Waals surface area contributed by atoms with E-state index in [1.165, 1.54) is 4.90 Å². The molecule has 0 radical (unpaired) electrons. The Morgan fingerprint density at radius 3 is 2.30 bits per heavy atom. The van der Waals surface area contributed by atoms with Crippen LogP contribution < -0.4 is 0 Å². The lowest BCUT2D eigenvalue weighted by atomic mass is 10.1. The Labute approximate surface area is 118 Å². The minimum absolute atomic E-state index is 0.413. The third-order valence-electron chi connectivity index (χ3n) is 3.02. The minimum atomic E-state index is -0.476. The van der Waals surface area contributed by atoms with E-state index >= 15 is 0 Å². The first-order valence-electron chi connectivity index (χ1n) is 6.50. The molecule has 2 rings (SSSR count). The molecule has 1 amide bonds. The Bertz CT molecular complexity index is 582. The van der Waals surface area contributed by atoms with Gasteiger partial charge in [0.2, 0.25) is 5.78 Å². The van der Waals surface area contributed by atoms with Crippen molar-refractivity contribution in [2.75, 3.05) is 6.54 Å². The van der Waals surface area contributed by atoms with Gasteiger partial charge in [-0.2, -0.15) is 0 Å². The zero-order valence-electron chi connectivity index (χ0n) is 11.3. The first kappa shape index (κ1) is 13.9. The van der Waals surface area contributed by atoms with Gasteiger partial charge in [-0.3, -0.25) is 14.6 Å². The maximum atomic E-state index is 12.2. The maximum Gasteiger partial charge on any atom is 0.295 e. The van der Waals surface area contributed by atoms with Crippen molar-refractivity contribution in [2.45, 2.75) is 13.5 Å². The molecular formula is C16H16N2O2. The molecular weight excluding hydrogens is 252 g/mol. The Morgan fingerprint density at radius 1 is 1.05 bits per heavy atom. The lowest BCUT2D eigenvalue weighted by Crippen LogP contribution is -2.36. The van der Waals surface area contributed by atoms with Gasteiger partial charge in [-0.1, -0.05) is 30.3 Å². The Balaban J connectivity index is 2.12. The van der Waals surface area contributed by atoms with Gasteiger partial charge >= 0.3 is 0 Å². The molecule has 4 nitrogen and oxygen atoms in total. The molecule has 0 bridgehead atoms. The molecule has 0 aliphatic carbocycles. The molecule has 0 N–H and O–H groups in total. The van der Waals surface area contributed by atoms with Gasteiger partial charge in [-0.25, -0.2) is 0 Å². The van der Waals surface area contributed by atoms with Crippen LogP contribution in [0.1, 0.15) is 22.8 Å². The average molecular weight is 268 g/mol. The van der Waals surface area contributed by atoms with Crippen LogP contribution >= 0.6 is 0 Å². The van der Waals surface area contributed by atoms with Crippen LogP contribution in [-0.4, -0.2) is 28.1 Å². The van der Waals surface area contributed by atoms with Crippen molar-refractivity contribution < 1.29 is 9.59 Å². The van der Waals surface area contributed by atoms with Gasteiger partial charge < -0.3 is 4.90 Å². The summed E-state index contributed by atoms with van der Waals surface area (Å²) in [4.78, 5) is 29.8. The molecule has 0 atom stereocenters. The number of ketones is 1. The Kier molecular flexibility index (Phi) is 4.60. The van der Waals surface area contributed by atoms with E-state index in [0.717, 1.165) is 5.56 Å². The number of benzene rings is 1. The summed E-state index contributed by atoms with van der Waals surface area (Å²) in [6.07, 6.45) is 3.35. The summed E-state index contributed by atoms with van der Waals surface area (Å²) in [5.74, 6) is -0.947. The third kappa shape index (κ3) is 3.29. The number of hydrogen-bond acceptors (Lipinski definition) is 3. The van der Waals surface area contributed by atoms with E-state index < -0.39 is 11.7 Å². The molecule has 0 aliphatic rings. The van der Waals surface area contributed by atoms with Crippen molar-refractivity contribution in [2.24, 2.45) is 0 Å². The fraction of sp³-hybridized carbons (Fsp3) is 0.188. The summed E-state index contributed by atoms with van der Waals surface area (Å²) >= 11 is 0. The van der Waals surface area contributed by atoms with Gasteiger partial charge in [0.25, 0.3) is 5.91 Å². The van der Waals surface area contributed by atoms with E-state index in [2.05, 4.69) is 4.98 Å². The maximum absolute atomic E-state index is 12.2. The summed E-state index contributed by atoms with van der Waals surface area (Å²) in [6.45, 7) is 2.76. The summed E-state index contributed by atoms with van der Waals surface area (Å²) in [5, 5.41) is 0. The molecule has 0 spiro atoms. The van der Waals surface area contributed by atoms with Crippen LogP contribution in [0.4, 0.5) is 0 Å². The number of hydrogen-bond donors (Lipinski definition) is 0. The van der Waals surface area contributed by atoms with Gasteiger partial charge in [0.05, 0.1) is 0 Å². The van der Waals surface area contributed by atoms with Crippen LogP contribution in [0, 0.1) is 0 Å². The number of nitrogens with zero attached hydrogens (tertiary/aromatic N) is 2. The van der Waals surface area contributed by atoms with Crippen LogP contribution in [0.5, 0.6) is 0 Å². The van der Waals surface area contributed by atoms with Crippen LogP contribution in [0.3, 0.4) is 0 Å². The molecule has 0 unspecified atom stereocenters. The number of Topliss-reactive ketones (excluding diaryl/α,β-unsaturated/α-hetero) is 1. The van der Waals surface area contributed by atoms with Crippen molar-refractivity contribution in [3.8, 4) is 0 Å². The molecule has 0 aliphatic heterocycles. The lowest BCUT2D eigenvalue weighted by Gasteiger charge is -2.20. The summed E-state index contributed by atoms with van der Waals surface area (Å²) < 4.78 is 0. The van der Waals surface area contributed by atoms with Crippen LogP contribution in [0.2, 0.25) is 0 Å². The predicted octanol–water partition coefficient (Wildman–Crippen LogP) is 2.31. The molecule has 2 aromatic rings. The van der Waals surface area contributed by atoms with Crippen molar-refractivity contribution >= 4 is 11.7 Å². The first-order chi connectivity index (χ1) is 9.72. The van der Waals surface area contributed by atoms with E-state index in [0.29, 0.717) is 18.7 Å².